The molecule has 5 heteroatoms. The molecule has 18 heavy (non-hydrogen) atoms. The molecule has 0 amide bonds. The summed E-state index contributed by atoms with van der Waals surface area (Å²) in [5.41, 5.74) is 1.32. The number of aliphatic hydroxyl groups is 1. The molecular formula is C13H14Cl2N2O. The molecule has 0 fully saturated rings. The molecule has 0 saturated heterocycles. The van der Waals surface area contributed by atoms with Gasteiger partial charge < -0.3 is 5.11 Å². The molecule has 1 aromatic heterocycles. The molecule has 0 saturated carbocycles. The molecule has 2 rings (SSSR count). The van der Waals surface area contributed by atoms with Gasteiger partial charge in [0.05, 0.1) is 15.7 Å². The number of halogens is 2. The molecule has 0 aliphatic rings. The van der Waals surface area contributed by atoms with Crippen molar-refractivity contribution in [1.82, 2.24) is 9.78 Å². The Labute approximate surface area is 116 Å². The zero-order valence-corrected chi connectivity index (χ0v) is 11.5. The van der Waals surface area contributed by atoms with Crippen LogP contribution in [0.4, 0.5) is 0 Å². The molecule has 0 radical (unpaired) electrons. The van der Waals surface area contributed by atoms with Crippen molar-refractivity contribution in [2.24, 2.45) is 0 Å². The van der Waals surface area contributed by atoms with Gasteiger partial charge in [-0.3, -0.25) is 4.68 Å². The molecule has 2 aromatic rings. The summed E-state index contributed by atoms with van der Waals surface area (Å²) < 4.78 is 1.78. The first-order valence-electron chi connectivity index (χ1n) is 5.78. The monoisotopic (exact) mass is 284 g/mol. The highest BCUT2D eigenvalue weighted by atomic mass is 35.5. The predicted octanol–water partition coefficient (Wildman–Crippen LogP) is 3.68. The molecule has 1 N–H and O–H groups in total. The van der Waals surface area contributed by atoms with E-state index in [1.165, 1.54) is 0 Å². The minimum atomic E-state index is -0.815. The third-order valence-electron chi connectivity index (χ3n) is 2.74. The summed E-state index contributed by atoms with van der Waals surface area (Å²) in [6.07, 6.45) is 1.81. The van der Waals surface area contributed by atoms with Gasteiger partial charge in [0.2, 0.25) is 0 Å². The summed E-state index contributed by atoms with van der Waals surface area (Å²) in [7, 11) is 0. The molecule has 3 nitrogen and oxygen atoms in total. The largest absolute Gasteiger partial charge is 0.382 e. The van der Waals surface area contributed by atoms with E-state index in [1.54, 1.807) is 35.1 Å². The number of aliphatic hydroxyl groups excluding tert-OH is 1. The second-order valence-electron chi connectivity index (χ2n) is 4.02. The molecule has 0 aliphatic heterocycles. The maximum absolute atomic E-state index is 10.4. The lowest BCUT2D eigenvalue weighted by molar-refractivity contribution is 0.207. The number of hydrogen-bond donors (Lipinski definition) is 1. The summed E-state index contributed by atoms with van der Waals surface area (Å²) in [5, 5.41) is 15.4. The first-order chi connectivity index (χ1) is 8.65. The molecule has 1 aromatic carbocycles. The molecule has 0 aliphatic carbocycles. The number of hydrogen-bond acceptors (Lipinski definition) is 2. The van der Waals surface area contributed by atoms with Gasteiger partial charge in [-0.05, 0) is 18.6 Å². The molecule has 1 heterocycles. The van der Waals surface area contributed by atoms with Crippen molar-refractivity contribution in [3.05, 3.63) is 51.8 Å². The van der Waals surface area contributed by atoms with E-state index in [1.807, 2.05) is 0 Å². The van der Waals surface area contributed by atoms with Gasteiger partial charge in [0.1, 0.15) is 6.10 Å². The smallest absolute Gasteiger partial charge is 0.122 e. The zero-order valence-electron chi connectivity index (χ0n) is 9.98. The van der Waals surface area contributed by atoms with Crippen LogP contribution in [0.25, 0.3) is 0 Å². The third kappa shape index (κ3) is 2.53. The number of aryl methyl sites for hydroxylation is 1. The van der Waals surface area contributed by atoms with E-state index in [4.69, 9.17) is 23.2 Å². The van der Waals surface area contributed by atoms with Crippen LogP contribution in [-0.2, 0) is 6.54 Å². The van der Waals surface area contributed by atoms with Crippen molar-refractivity contribution in [2.75, 3.05) is 0 Å². The van der Waals surface area contributed by atoms with Gasteiger partial charge in [0.25, 0.3) is 0 Å². The molecule has 96 valence electrons. The quantitative estimate of drug-likeness (QED) is 0.930. The minimum Gasteiger partial charge on any atom is -0.382 e. The number of nitrogens with zero attached hydrogens (tertiary/aromatic N) is 2. The van der Waals surface area contributed by atoms with Crippen LogP contribution in [-0.4, -0.2) is 14.9 Å². The van der Waals surface area contributed by atoms with E-state index in [9.17, 15) is 5.11 Å². The topological polar surface area (TPSA) is 38.0 Å². The van der Waals surface area contributed by atoms with Gasteiger partial charge in [0.15, 0.2) is 0 Å². The van der Waals surface area contributed by atoms with Gasteiger partial charge in [-0.25, -0.2) is 0 Å². The molecule has 1 atom stereocenters. The summed E-state index contributed by atoms with van der Waals surface area (Å²) >= 11 is 12.1. The normalized spacial score (nSPS) is 12.7. The maximum atomic E-state index is 10.4. The molecule has 0 spiro atoms. The Morgan fingerprint density at radius 1 is 1.33 bits per heavy atom. The Bertz CT molecular complexity index is 540. The fourth-order valence-corrected chi connectivity index (χ4v) is 2.28. The van der Waals surface area contributed by atoms with Crippen molar-refractivity contribution < 1.29 is 5.11 Å². The van der Waals surface area contributed by atoms with Gasteiger partial charge in [-0.2, -0.15) is 5.10 Å². The second-order valence-corrected chi connectivity index (χ2v) is 4.81. The Morgan fingerprint density at radius 2 is 2.11 bits per heavy atom. The average Bonchev–Trinajstić information content (AvgIpc) is 2.80. The SMILES string of the molecule is CCCn1nccc1C(O)c1cccc(Cl)c1Cl. The van der Waals surface area contributed by atoms with Crippen molar-refractivity contribution in [3.63, 3.8) is 0 Å². The van der Waals surface area contributed by atoms with E-state index >= 15 is 0 Å². The van der Waals surface area contributed by atoms with Crippen molar-refractivity contribution >= 4 is 23.2 Å². The van der Waals surface area contributed by atoms with Crippen molar-refractivity contribution in [1.29, 1.82) is 0 Å². The summed E-state index contributed by atoms with van der Waals surface area (Å²) in [4.78, 5) is 0. The fraction of sp³-hybridized carbons (Fsp3) is 0.308. The van der Waals surface area contributed by atoms with Crippen LogP contribution >= 0.6 is 23.2 Å². The van der Waals surface area contributed by atoms with Crippen LogP contribution in [0.1, 0.15) is 30.7 Å². The summed E-state index contributed by atoms with van der Waals surface area (Å²) in [5.74, 6) is 0. The molecular weight excluding hydrogens is 271 g/mol. The summed E-state index contributed by atoms with van der Waals surface area (Å²) in [6, 6.07) is 7.02. The highest BCUT2D eigenvalue weighted by molar-refractivity contribution is 6.42. The molecule has 0 bridgehead atoms. The lowest BCUT2D eigenvalue weighted by Gasteiger charge is -2.15. The van der Waals surface area contributed by atoms with Crippen LogP contribution in [0.2, 0.25) is 10.0 Å². The predicted molar refractivity (Wildman–Crippen MR) is 73.0 cm³/mol. The van der Waals surface area contributed by atoms with Crippen molar-refractivity contribution in [3.8, 4) is 0 Å². The molecule has 1 unspecified atom stereocenters. The van der Waals surface area contributed by atoms with Crippen molar-refractivity contribution in [2.45, 2.75) is 26.0 Å². The van der Waals surface area contributed by atoms with Crippen LogP contribution in [0.15, 0.2) is 30.5 Å². The van der Waals surface area contributed by atoms with E-state index in [0.717, 1.165) is 18.7 Å². The summed E-state index contributed by atoms with van der Waals surface area (Å²) in [6.45, 7) is 2.82. The van der Waals surface area contributed by atoms with Gasteiger partial charge in [-0.15, -0.1) is 0 Å². The fourth-order valence-electron chi connectivity index (χ4n) is 1.86. The van der Waals surface area contributed by atoms with Crippen LogP contribution in [0.3, 0.4) is 0 Å². The Morgan fingerprint density at radius 3 is 2.83 bits per heavy atom. The highest BCUT2D eigenvalue weighted by Gasteiger charge is 2.18. The Kier molecular flexibility index (Phi) is 4.27. The third-order valence-corrected chi connectivity index (χ3v) is 3.57. The highest BCUT2D eigenvalue weighted by Crippen LogP contribution is 2.32. The van der Waals surface area contributed by atoms with Crippen LogP contribution in [0.5, 0.6) is 0 Å². The Balaban J connectivity index is 2.38. The lowest BCUT2D eigenvalue weighted by Crippen LogP contribution is -2.10. The Hall–Kier alpha value is -1.03. The number of rotatable bonds is 4. The second kappa shape index (κ2) is 5.74. The first-order valence-corrected chi connectivity index (χ1v) is 6.54. The van der Waals surface area contributed by atoms with Gasteiger partial charge in [-0.1, -0.05) is 42.3 Å². The van der Waals surface area contributed by atoms with E-state index in [2.05, 4.69) is 12.0 Å². The number of benzene rings is 1. The average molecular weight is 285 g/mol. The lowest BCUT2D eigenvalue weighted by atomic mass is 10.1. The zero-order chi connectivity index (χ0) is 13.1. The van der Waals surface area contributed by atoms with E-state index < -0.39 is 6.10 Å². The van der Waals surface area contributed by atoms with Gasteiger partial charge >= 0.3 is 0 Å². The standard InChI is InChI=1S/C13H14Cl2N2O/c1-2-8-17-11(6-7-16-17)13(18)9-4-3-5-10(14)12(9)15/h3-7,13,18H,2,8H2,1H3. The maximum Gasteiger partial charge on any atom is 0.122 e. The minimum absolute atomic E-state index is 0.385. The van der Waals surface area contributed by atoms with E-state index in [0.29, 0.717) is 15.6 Å². The van der Waals surface area contributed by atoms with E-state index in [-0.39, 0.29) is 0 Å². The number of aromatic nitrogens is 2. The van der Waals surface area contributed by atoms with Gasteiger partial charge in [0, 0.05) is 18.3 Å². The van der Waals surface area contributed by atoms with Crippen LogP contribution < -0.4 is 0 Å². The van der Waals surface area contributed by atoms with Crippen LogP contribution in [0, 0.1) is 0 Å². The first kappa shape index (κ1) is 13.4.